The van der Waals surface area contributed by atoms with Crippen LogP contribution in [0.15, 0.2) is 11.0 Å². The number of rotatable bonds is 2. The van der Waals surface area contributed by atoms with Crippen LogP contribution in [0.3, 0.4) is 0 Å². The number of Topliss-reactive ketones (excluding diaryl/α,β-unsaturated/α-hetero) is 1. The Bertz CT molecular complexity index is 570. The van der Waals surface area contributed by atoms with Gasteiger partial charge in [-0.1, -0.05) is 19.6 Å². The molecule has 2 rings (SSSR count). The van der Waals surface area contributed by atoms with E-state index in [2.05, 4.69) is 34.8 Å². The largest absolute Gasteiger partial charge is 0.396 e. The highest BCUT2D eigenvalue weighted by atomic mass is 35.5. The van der Waals surface area contributed by atoms with Crippen LogP contribution in [-0.2, 0) is 11.4 Å². The Morgan fingerprint density at radius 3 is 1.84 bits per heavy atom. The van der Waals surface area contributed by atoms with Crippen LogP contribution in [0.2, 0.25) is 0 Å². The summed E-state index contributed by atoms with van der Waals surface area (Å²) in [6.45, 7) is 9.24. The van der Waals surface area contributed by atoms with E-state index in [4.69, 9.17) is 16.7 Å². The van der Waals surface area contributed by atoms with E-state index in [0.29, 0.717) is 0 Å². The van der Waals surface area contributed by atoms with E-state index >= 15 is 0 Å². The lowest BCUT2D eigenvalue weighted by atomic mass is 10.3. The number of aliphatic hydroxyl groups excluding tert-OH is 1. The normalized spacial score (nSPS) is 9.56. The molecule has 0 amide bonds. The molecule has 0 aliphatic carbocycles. The maximum atomic E-state index is 10.0. The third-order valence-electron chi connectivity index (χ3n) is 2.53. The Hall–Kier alpha value is -0.930. The number of carbonyl (C=O) groups excluding carboxylic acids is 1. The number of thiazole rings is 2. The highest BCUT2D eigenvalue weighted by Gasteiger charge is 1.98. The SMILES string of the molecule is C.CC(=O)C(C)Cl.Cc1ncsc1C.Cc1ncsc1CO.NC=S. The van der Waals surface area contributed by atoms with Crippen molar-refractivity contribution < 1.29 is 9.90 Å². The van der Waals surface area contributed by atoms with E-state index in [0.717, 1.165) is 21.8 Å². The van der Waals surface area contributed by atoms with Gasteiger partial charge in [-0.15, -0.1) is 34.3 Å². The summed E-state index contributed by atoms with van der Waals surface area (Å²) in [5.74, 6) is 0.0247. The van der Waals surface area contributed by atoms with Crippen LogP contribution in [0.1, 0.15) is 42.4 Å². The first kappa shape index (κ1) is 28.9. The molecule has 5 nitrogen and oxygen atoms in total. The number of aryl methyl sites for hydroxylation is 3. The number of carbonyl (C=O) groups is 1. The number of hydrogen-bond donors (Lipinski definition) is 2. The van der Waals surface area contributed by atoms with Crippen LogP contribution in [0.4, 0.5) is 0 Å². The van der Waals surface area contributed by atoms with Crippen LogP contribution >= 0.6 is 46.5 Å². The number of thiocarbonyl (C=S) groups is 1. The molecular weight excluding hydrogens is 398 g/mol. The summed E-state index contributed by atoms with van der Waals surface area (Å²) in [7, 11) is 0. The zero-order valence-corrected chi connectivity index (χ0v) is 17.7. The van der Waals surface area contributed by atoms with Crippen molar-refractivity contribution in [2.45, 2.75) is 54.0 Å². The lowest BCUT2D eigenvalue weighted by molar-refractivity contribution is -0.116. The number of halogens is 1. The van der Waals surface area contributed by atoms with Crippen molar-refractivity contribution in [1.82, 2.24) is 9.97 Å². The van der Waals surface area contributed by atoms with Gasteiger partial charge in [-0.3, -0.25) is 4.79 Å². The topological polar surface area (TPSA) is 89.1 Å². The summed E-state index contributed by atoms with van der Waals surface area (Å²) in [4.78, 5) is 20.3. The molecule has 0 aliphatic heterocycles. The molecule has 2 heterocycles. The second kappa shape index (κ2) is 17.9. The number of nitrogens with two attached hydrogens (primary N) is 1. The molecule has 0 bridgehead atoms. The van der Waals surface area contributed by atoms with Crippen molar-refractivity contribution in [1.29, 1.82) is 0 Å². The molecule has 2 aromatic rings. The summed E-state index contributed by atoms with van der Waals surface area (Å²) in [5, 5.41) is 8.26. The quantitative estimate of drug-likeness (QED) is 0.545. The number of alkyl halides is 1. The van der Waals surface area contributed by atoms with E-state index in [1.165, 1.54) is 23.1 Å². The molecule has 3 N–H and O–H groups in total. The molecule has 0 radical (unpaired) electrons. The smallest absolute Gasteiger partial charge is 0.147 e. The average molecular weight is 426 g/mol. The van der Waals surface area contributed by atoms with Gasteiger partial charge in [0.05, 0.1) is 44.8 Å². The standard InChI is InChI=1S/C5H7NOS.C5H7NS.C4H7ClO.CH3NS.CH4/c1-4-5(2-7)8-3-6-4;1-4-5(2)7-3-6-4;1-3(5)4(2)6;2-1-3;/h3,7H,2H2,1H3;3H,1-2H3;3H,1-2H3;1H,(H2,2,3);1H4. The molecule has 0 saturated carbocycles. The molecule has 144 valence electrons. The highest BCUT2D eigenvalue weighted by Crippen LogP contribution is 2.10. The van der Waals surface area contributed by atoms with Crippen molar-refractivity contribution in [3.63, 3.8) is 0 Å². The van der Waals surface area contributed by atoms with E-state index < -0.39 is 0 Å². The Balaban J connectivity index is -0.000000267. The molecule has 2 aromatic heterocycles. The zero-order chi connectivity index (χ0) is 19.1. The fourth-order valence-electron chi connectivity index (χ4n) is 0.839. The monoisotopic (exact) mass is 425 g/mol. The third kappa shape index (κ3) is 16.3. The molecule has 1 atom stereocenters. The number of nitrogens with zero attached hydrogens (tertiary/aromatic N) is 2. The number of aromatic nitrogens is 2. The van der Waals surface area contributed by atoms with Gasteiger partial charge in [-0.05, 0) is 34.6 Å². The van der Waals surface area contributed by atoms with E-state index in [1.54, 1.807) is 23.8 Å². The van der Waals surface area contributed by atoms with Crippen molar-refractivity contribution >= 4 is 57.8 Å². The Labute approximate surface area is 169 Å². The van der Waals surface area contributed by atoms with Crippen LogP contribution in [-0.4, -0.2) is 31.7 Å². The summed E-state index contributed by atoms with van der Waals surface area (Å²) in [5.41, 5.74) is 11.3. The molecule has 25 heavy (non-hydrogen) atoms. The summed E-state index contributed by atoms with van der Waals surface area (Å²) < 4.78 is 0. The molecule has 0 fully saturated rings. The molecule has 1 unspecified atom stereocenters. The third-order valence-corrected chi connectivity index (χ3v) is 4.62. The lowest BCUT2D eigenvalue weighted by Gasteiger charge is -1.88. The van der Waals surface area contributed by atoms with Crippen LogP contribution in [0, 0.1) is 20.8 Å². The minimum absolute atomic E-state index is 0. The van der Waals surface area contributed by atoms with Gasteiger partial charge >= 0.3 is 0 Å². The van der Waals surface area contributed by atoms with Gasteiger partial charge in [0.25, 0.3) is 0 Å². The summed E-state index contributed by atoms with van der Waals surface area (Å²) in [6.07, 6.45) is 0. The van der Waals surface area contributed by atoms with Crippen molar-refractivity contribution in [3.8, 4) is 0 Å². The van der Waals surface area contributed by atoms with Crippen LogP contribution in [0.5, 0.6) is 0 Å². The average Bonchev–Trinajstić information content (AvgIpc) is 3.09. The number of ketones is 1. The van der Waals surface area contributed by atoms with E-state index in [1.807, 2.05) is 19.4 Å². The fraction of sp³-hybridized carbons (Fsp3) is 0.500. The summed E-state index contributed by atoms with van der Waals surface area (Å²) >= 11 is 12.5. The lowest BCUT2D eigenvalue weighted by Crippen LogP contribution is -2.02. The van der Waals surface area contributed by atoms with Gasteiger partial charge < -0.3 is 10.8 Å². The zero-order valence-electron chi connectivity index (χ0n) is 14.4. The first-order chi connectivity index (χ1) is 11.2. The van der Waals surface area contributed by atoms with Gasteiger partial charge in [0, 0.05) is 4.88 Å². The van der Waals surface area contributed by atoms with Crippen molar-refractivity contribution in [2.24, 2.45) is 5.73 Å². The van der Waals surface area contributed by atoms with Gasteiger partial charge in [-0.2, -0.15) is 0 Å². The summed E-state index contributed by atoms with van der Waals surface area (Å²) in [6, 6.07) is 0. The predicted molar refractivity (Wildman–Crippen MR) is 115 cm³/mol. The van der Waals surface area contributed by atoms with Gasteiger partial charge in [0.15, 0.2) is 0 Å². The maximum Gasteiger partial charge on any atom is 0.147 e. The molecule has 0 spiro atoms. The second-order valence-electron chi connectivity index (χ2n) is 4.38. The minimum Gasteiger partial charge on any atom is -0.396 e. The van der Waals surface area contributed by atoms with E-state index in [-0.39, 0.29) is 25.2 Å². The van der Waals surface area contributed by atoms with Crippen LogP contribution in [0.25, 0.3) is 0 Å². The van der Waals surface area contributed by atoms with Gasteiger partial charge in [-0.25, -0.2) is 9.97 Å². The number of hydrogen-bond acceptors (Lipinski definition) is 7. The first-order valence-electron chi connectivity index (χ1n) is 6.87. The first-order valence-corrected chi connectivity index (χ1v) is 9.54. The van der Waals surface area contributed by atoms with E-state index in [9.17, 15) is 4.79 Å². The molecule has 9 heteroatoms. The minimum atomic E-state index is -0.315. The van der Waals surface area contributed by atoms with Gasteiger partial charge in [0.2, 0.25) is 0 Å². The molecule has 0 aromatic carbocycles. The highest BCUT2D eigenvalue weighted by molar-refractivity contribution is 7.78. The maximum absolute atomic E-state index is 10.0. The Morgan fingerprint density at radius 1 is 1.32 bits per heavy atom. The fourth-order valence-corrected chi connectivity index (χ4v) is 2.07. The van der Waals surface area contributed by atoms with Crippen LogP contribution < -0.4 is 5.73 Å². The Kier molecular flexibility index (Phi) is 20.6. The van der Waals surface area contributed by atoms with Crippen molar-refractivity contribution in [3.05, 3.63) is 32.2 Å². The van der Waals surface area contributed by atoms with Gasteiger partial charge in [0.1, 0.15) is 5.78 Å². The second-order valence-corrected chi connectivity index (χ2v) is 7.30. The number of aliphatic hydroxyl groups is 1. The predicted octanol–water partition coefficient (Wildman–Crippen LogP) is 4.44. The van der Waals surface area contributed by atoms with Crippen molar-refractivity contribution in [2.75, 3.05) is 0 Å². The molecule has 0 aliphatic rings. The Morgan fingerprint density at radius 2 is 1.72 bits per heavy atom. The molecule has 0 saturated heterocycles. The molecular formula is C16H28ClN3O2S3.